The maximum absolute atomic E-state index is 10.3. The van der Waals surface area contributed by atoms with Gasteiger partial charge in [0.15, 0.2) is 0 Å². The molecule has 5 heteroatoms. The normalized spacial score (nSPS) is 9.62. The van der Waals surface area contributed by atoms with Crippen LogP contribution in [-0.4, -0.2) is 28.9 Å². The van der Waals surface area contributed by atoms with Crippen molar-refractivity contribution in [1.82, 2.24) is 4.98 Å². The van der Waals surface area contributed by atoms with E-state index in [0.717, 1.165) is 4.90 Å². The summed E-state index contributed by atoms with van der Waals surface area (Å²) >= 11 is 1.24. The number of carboxylic acid groups (broad SMARTS) is 1. The summed E-state index contributed by atoms with van der Waals surface area (Å²) in [5.74, 6) is -0.288. The second-order valence-corrected chi connectivity index (χ2v) is 3.27. The number of nitrogens with zero attached hydrogens (tertiary/aromatic N) is 1. The van der Waals surface area contributed by atoms with Crippen LogP contribution >= 0.6 is 11.8 Å². The van der Waals surface area contributed by atoms with Crippen molar-refractivity contribution in [3.05, 3.63) is 18.3 Å². The number of hydrogen-bond donors (Lipinski definition) is 1. The third-order valence-electron chi connectivity index (χ3n) is 1.28. The van der Waals surface area contributed by atoms with Gasteiger partial charge in [-0.15, -0.1) is 11.8 Å². The van der Waals surface area contributed by atoms with Gasteiger partial charge in [-0.3, -0.25) is 4.79 Å². The Morgan fingerprint density at radius 3 is 3.15 bits per heavy atom. The lowest BCUT2D eigenvalue weighted by atomic mass is 10.5. The van der Waals surface area contributed by atoms with E-state index in [0.29, 0.717) is 5.88 Å². The molecule has 0 aliphatic carbocycles. The second kappa shape index (κ2) is 4.71. The first-order valence-electron chi connectivity index (χ1n) is 3.57. The Hall–Kier alpha value is -1.23. The van der Waals surface area contributed by atoms with Crippen molar-refractivity contribution in [1.29, 1.82) is 0 Å². The molecule has 1 aromatic heterocycles. The zero-order chi connectivity index (χ0) is 9.68. The summed E-state index contributed by atoms with van der Waals surface area (Å²) in [5, 5.41) is 8.43. The van der Waals surface area contributed by atoms with Gasteiger partial charge in [0.1, 0.15) is 0 Å². The van der Waals surface area contributed by atoms with Crippen LogP contribution in [0.3, 0.4) is 0 Å². The van der Waals surface area contributed by atoms with Crippen LogP contribution in [0.25, 0.3) is 0 Å². The average molecular weight is 199 g/mol. The molecule has 13 heavy (non-hydrogen) atoms. The maximum atomic E-state index is 10.3. The molecule has 0 spiro atoms. The molecule has 70 valence electrons. The Kier molecular flexibility index (Phi) is 3.57. The molecule has 0 saturated carbocycles. The maximum Gasteiger partial charge on any atom is 0.313 e. The summed E-state index contributed by atoms with van der Waals surface area (Å²) in [6, 6.07) is 3.45. The molecule has 0 saturated heterocycles. The molecular formula is C8H9NO3S. The predicted octanol–water partition coefficient (Wildman–Crippen LogP) is 1.27. The van der Waals surface area contributed by atoms with E-state index >= 15 is 0 Å². The summed E-state index contributed by atoms with van der Waals surface area (Å²) in [4.78, 5) is 15.0. The fourth-order valence-electron chi connectivity index (χ4n) is 0.738. The lowest BCUT2D eigenvalue weighted by Gasteiger charge is -2.00. The highest BCUT2D eigenvalue weighted by molar-refractivity contribution is 8.00. The standard InChI is InChI=1S/C8H9NO3S/c1-12-7-4-6(2-3-9-7)13-5-8(10)11/h2-4H,5H2,1H3,(H,10,11). The third-order valence-corrected chi connectivity index (χ3v) is 2.26. The van der Waals surface area contributed by atoms with Gasteiger partial charge in [0.05, 0.1) is 12.9 Å². The molecule has 1 aromatic rings. The number of carbonyl (C=O) groups is 1. The van der Waals surface area contributed by atoms with Crippen molar-refractivity contribution in [3.63, 3.8) is 0 Å². The Morgan fingerprint density at radius 1 is 1.77 bits per heavy atom. The number of ether oxygens (including phenoxy) is 1. The van der Waals surface area contributed by atoms with Gasteiger partial charge in [-0.25, -0.2) is 4.98 Å². The molecule has 1 rings (SSSR count). The third kappa shape index (κ3) is 3.33. The zero-order valence-corrected chi connectivity index (χ0v) is 7.87. The molecule has 0 aromatic carbocycles. The molecule has 0 radical (unpaired) electrons. The van der Waals surface area contributed by atoms with Gasteiger partial charge >= 0.3 is 5.97 Å². The molecular weight excluding hydrogens is 190 g/mol. The molecule has 0 amide bonds. The number of thioether (sulfide) groups is 1. The van der Waals surface area contributed by atoms with Crippen LogP contribution in [0.4, 0.5) is 0 Å². The molecule has 0 atom stereocenters. The van der Waals surface area contributed by atoms with Crippen molar-refractivity contribution >= 4 is 17.7 Å². The highest BCUT2D eigenvalue weighted by Crippen LogP contribution is 2.20. The van der Waals surface area contributed by atoms with Crippen molar-refractivity contribution in [2.45, 2.75) is 4.90 Å². The first-order chi connectivity index (χ1) is 6.22. The van der Waals surface area contributed by atoms with Crippen LogP contribution in [0.1, 0.15) is 0 Å². The fraction of sp³-hybridized carbons (Fsp3) is 0.250. The van der Waals surface area contributed by atoms with E-state index in [1.165, 1.54) is 18.9 Å². The van der Waals surface area contributed by atoms with Gasteiger partial charge in [-0.05, 0) is 6.07 Å². The zero-order valence-electron chi connectivity index (χ0n) is 7.06. The van der Waals surface area contributed by atoms with Gasteiger partial charge in [-0.2, -0.15) is 0 Å². The summed E-state index contributed by atoms with van der Waals surface area (Å²) in [6.45, 7) is 0. The first-order valence-corrected chi connectivity index (χ1v) is 4.55. The van der Waals surface area contributed by atoms with Crippen LogP contribution in [-0.2, 0) is 4.79 Å². The molecule has 0 bridgehead atoms. The van der Waals surface area contributed by atoms with E-state index < -0.39 is 5.97 Å². The van der Waals surface area contributed by atoms with Gasteiger partial charge < -0.3 is 9.84 Å². The molecule has 1 N–H and O–H groups in total. The Morgan fingerprint density at radius 2 is 2.54 bits per heavy atom. The molecule has 0 aliphatic rings. The molecule has 0 aliphatic heterocycles. The minimum absolute atomic E-state index is 0.0488. The smallest absolute Gasteiger partial charge is 0.313 e. The van der Waals surface area contributed by atoms with Gasteiger partial charge in [0.2, 0.25) is 5.88 Å². The van der Waals surface area contributed by atoms with Crippen LogP contribution < -0.4 is 4.74 Å². The Balaban J connectivity index is 2.61. The van der Waals surface area contributed by atoms with Crippen molar-refractivity contribution in [2.75, 3.05) is 12.9 Å². The Bertz CT molecular complexity index is 303. The predicted molar refractivity (Wildman–Crippen MR) is 49.1 cm³/mol. The Labute approximate surface area is 79.9 Å². The second-order valence-electron chi connectivity index (χ2n) is 2.22. The van der Waals surface area contributed by atoms with Crippen LogP contribution in [0.2, 0.25) is 0 Å². The summed E-state index contributed by atoms with van der Waals surface area (Å²) in [6.07, 6.45) is 1.59. The first kappa shape index (κ1) is 9.85. The summed E-state index contributed by atoms with van der Waals surface area (Å²) in [7, 11) is 1.52. The fourth-order valence-corrected chi connectivity index (χ4v) is 1.37. The average Bonchev–Trinajstić information content (AvgIpc) is 2.15. The molecule has 0 unspecified atom stereocenters. The van der Waals surface area contributed by atoms with Gasteiger partial charge in [0, 0.05) is 17.2 Å². The highest BCUT2D eigenvalue weighted by Gasteiger charge is 2.00. The summed E-state index contributed by atoms with van der Waals surface area (Å²) < 4.78 is 4.89. The lowest BCUT2D eigenvalue weighted by Crippen LogP contribution is -1.97. The minimum Gasteiger partial charge on any atom is -0.481 e. The lowest BCUT2D eigenvalue weighted by molar-refractivity contribution is -0.133. The van der Waals surface area contributed by atoms with Crippen LogP contribution in [0, 0.1) is 0 Å². The molecule has 4 nitrogen and oxygen atoms in total. The van der Waals surface area contributed by atoms with Crippen LogP contribution in [0.5, 0.6) is 5.88 Å². The van der Waals surface area contributed by atoms with E-state index in [1.807, 2.05) is 0 Å². The number of pyridine rings is 1. The molecule has 1 heterocycles. The number of rotatable bonds is 4. The monoisotopic (exact) mass is 199 g/mol. The van der Waals surface area contributed by atoms with E-state index in [-0.39, 0.29) is 5.75 Å². The van der Waals surface area contributed by atoms with Crippen molar-refractivity contribution in [2.24, 2.45) is 0 Å². The highest BCUT2D eigenvalue weighted by atomic mass is 32.2. The number of carboxylic acids is 1. The minimum atomic E-state index is -0.833. The van der Waals surface area contributed by atoms with Crippen molar-refractivity contribution in [3.8, 4) is 5.88 Å². The summed E-state index contributed by atoms with van der Waals surface area (Å²) in [5.41, 5.74) is 0. The number of hydrogen-bond acceptors (Lipinski definition) is 4. The molecule has 0 fully saturated rings. The van der Waals surface area contributed by atoms with Crippen LogP contribution in [0.15, 0.2) is 23.2 Å². The number of aliphatic carboxylic acids is 1. The quantitative estimate of drug-likeness (QED) is 0.740. The van der Waals surface area contributed by atoms with Gasteiger partial charge in [0.25, 0.3) is 0 Å². The largest absolute Gasteiger partial charge is 0.481 e. The van der Waals surface area contributed by atoms with E-state index in [4.69, 9.17) is 9.84 Å². The van der Waals surface area contributed by atoms with E-state index in [9.17, 15) is 4.79 Å². The topological polar surface area (TPSA) is 59.4 Å². The van der Waals surface area contributed by atoms with E-state index in [1.54, 1.807) is 18.3 Å². The van der Waals surface area contributed by atoms with Crippen molar-refractivity contribution < 1.29 is 14.6 Å². The van der Waals surface area contributed by atoms with Gasteiger partial charge in [-0.1, -0.05) is 0 Å². The SMILES string of the molecule is COc1cc(SCC(=O)O)ccn1. The number of methoxy groups -OCH3 is 1. The van der Waals surface area contributed by atoms with E-state index in [2.05, 4.69) is 4.98 Å². The number of aromatic nitrogens is 1.